The SMILES string of the molecule is COCCN1C(=O)CSC12CCN(C(=O)NC1CCCCC1)CC2. The number of methoxy groups -OCH3 is 1. The van der Waals surface area contributed by atoms with Crippen LogP contribution >= 0.6 is 11.8 Å². The average Bonchev–Trinajstić information content (AvgIpc) is 2.90. The molecule has 6 nitrogen and oxygen atoms in total. The maximum atomic E-state index is 12.5. The van der Waals surface area contributed by atoms with Crippen LogP contribution in [-0.4, -0.2) is 71.8 Å². The van der Waals surface area contributed by atoms with Crippen LogP contribution < -0.4 is 5.32 Å². The lowest BCUT2D eigenvalue weighted by Crippen LogP contribution is -2.56. The number of piperidine rings is 1. The predicted molar refractivity (Wildman–Crippen MR) is 95.0 cm³/mol. The van der Waals surface area contributed by atoms with Crippen LogP contribution in [0, 0.1) is 0 Å². The van der Waals surface area contributed by atoms with Gasteiger partial charge in [0.15, 0.2) is 0 Å². The van der Waals surface area contributed by atoms with Crippen LogP contribution in [0.3, 0.4) is 0 Å². The molecule has 1 N–H and O–H groups in total. The standard InChI is InChI=1S/C17H29N3O3S/c1-23-12-11-20-15(21)13-24-17(20)7-9-19(10-8-17)16(22)18-14-5-3-2-4-6-14/h14H,2-13H2,1H3,(H,18,22). The third kappa shape index (κ3) is 3.82. The summed E-state index contributed by atoms with van der Waals surface area (Å²) >= 11 is 1.74. The Bertz CT molecular complexity index is 460. The minimum absolute atomic E-state index is 0.0783. The zero-order chi connectivity index (χ0) is 17.0. The van der Waals surface area contributed by atoms with E-state index in [1.165, 1.54) is 19.3 Å². The highest BCUT2D eigenvalue weighted by Gasteiger charge is 2.48. The van der Waals surface area contributed by atoms with Gasteiger partial charge in [0.25, 0.3) is 0 Å². The highest BCUT2D eigenvalue weighted by atomic mass is 32.2. The van der Waals surface area contributed by atoms with Gasteiger partial charge in [-0.1, -0.05) is 19.3 Å². The first kappa shape index (κ1) is 17.9. The average molecular weight is 356 g/mol. The van der Waals surface area contributed by atoms with Gasteiger partial charge in [-0.25, -0.2) is 4.79 Å². The molecule has 3 amide bonds. The maximum absolute atomic E-state index is 12.5. The molecule has 0 aromatic heterocycles. The van der Waals surface area contributed by atoms with Gasteiger partial charge in [0, 0.05) is 32.8 Å². The Morgan fingerprint density at radius 1 is 1.29 bits per heavy atom. The molecule has 0 aromatic rings. The van der Waals surface area contributed by atoms with Gasteiger partial charge in [0.1, 0.15) is 0 Å². The summed E-state index contributed by atoms with van der Waals surface area (Å²) in [7, 11) is 1.67. The van der Waals surface area contributed by atoms with Crippen LogP contribution in [0.1, 0.15) is 44.9 Å². The van der Waals surface area contributed by atoms with E-state index in [1.807, 2.05) is 9.80 Å². The van der Waals surface area contributed by atoms with Gasteiger partial charge in [-0.3, -0.25) is 4.79 Å². The van der Waals surface area contributed by atoms with Crippen molar-refractivity contribution in [3.63, 3.8) is 0 Å². The Morgan fingerprint density at radius 2 is 2.00 bits per heavy atom. The zero-order valence-corrected chi connectivity index (χ0v) is 15.4. The van der Waals surface area contributed by atoms with Crippen molar-refractivity contribution in [1.29, 1.82) is 0 Å². The molecule has 1 aliphatic carbocycles. The highest BCUT2D eigenvalue weighted by Crippen LogP contribution is 2.44. The lowest BCUT2D eigenvalue weighted by Gasteiger charge is -2.44. The molecule has 0 radical (unpaired) electrons. The largest absolute Gasteiger partial charge is 0.383 e. The molecule has 1 saturated carbocycles. The van der Waals surface area contributed by atoms with Crippen molar-refractivity contribution in [1.82, 2.24) is 15.1 Å². The van der Waals surface area contributed by atoms with E-state index >= 15 is 0 Å². The third-order valence-electron chi connectivity index (χ3n) is 5.54. The molecule has 24 heavy (non-hydrogen) atoms. The van der Waals surface area contributed by atoms with E-state index in [0.29, 0.717) is 24.9 Å². The molecule has 2 saturated heterocycles. The number of carbonyl (C=O) groups excluding carboxylic acids is 2. The van der Waals surface area contributed by atoms with Gasteiger partial charge in [-0.2, -0.15) is 0 Å². The van der Waals surface area contributed by atoms with Crippen LogP contribution in [-0.2, 0) is 9.53 Å². The summed E-state index contributed by atoms with van der Waals surface area (Å²) in [4.78, 5) is 28.5. The first-order chi connectivity index (χ1) is 11.6. The Labute approximate surface area is 148 Å². The summed E-state index contributed by atoms with van der Waals surface area (Å²) in [5.41, 5.74) is 0. The molecular weight excluding hydrogens is 326 g/mol. The van der Waals surface area contributed by atoms with Crippen molar-refractivity contribution in [2.24, 2.45) is 0 Å². The van der Waals surface area contributed by atoms with Gasteiger partial charge in [-0.15, -0.1) is 11.8 Å². The van der Waals surface area contributed by atoms with Gasteiger partial charge in [0.2, 0.25) is 5.91 Å². The topological polar surface area (TPSA) is 61.9 Å². The number of urea groups is 1. The fraction of sp³-hybridized carbons (Fsp3) is 0.882. The fourth-order valence-electron chi connectivity index (χ4n) is 4.08. The molecule has 0 unspecified atom stereocenters. The lowest BCUT2D eigenvalue weighted by atomic mass is 9.95. The molecule has 2 heterocycles. The molecule has 0 bridgehead atoms. The van der Waals surface area contributed by atoms with Crippen LogP contribution in [0.5, 0.6) is 0 Å². The first-order valence-electron chi connectivity index (χ1n) is 9.13. The minimum atomic E-state index is -0.128. The van der Waals surface area contributed by atoms with Crippen molar-refractivity contribution in [2.45, 2.75) is 55.9 Å². The summed E-state index contributed by atoms with van der Waals surface area (Å²) in [5, 5.41) is 3.20. The quantitative estimate of drug-likeness (QED) is 0.838. The van der Waals surface area contributed by atoms with Gasteiger partial charge < -0.3 is 19.9 Å². The van der Waals surface area contributed by atoms with E-state index in [2.05, 4.69) is 5.32 Å². The van der Waals surface area contributed by atoms with Crippen LogP contribution in [0.15, 0.2) is 0 Å². The summed E-state index contributed by atoms with van der Waals surface area (Å²) in [6, 6.07) is 0.428. The van der Waals surface area contributed by atoms with Crippen molar-refractivity contribution in [3.8, 4) is 0 Å². The molecule has 0 atom stereocenters. The van der Waals surface area contributed by atoms with Gasteiger partial charge >= 0.3 is 6.03 Å². The van der Waals surface area contributed by atoms with Crippen molar-refractivity contribution >= 4 is 23.7 Å². The molecule has 3 aliphatic rings. The molecule has 136 valence electrons. The Hall–Kier alpha value is -0.950. The second-order valence-electron chi connectivity index (χ2n) is 7.04. The number of rotatable bonds is 4. The van der Waals surface area contributed by atoms with E-state index in [4.69, 9.17) is 4.74 Å². The highest BCUT2D eigenvalue weighted by molar-refractivity contribution is 8.01. The number of thioether (sulfide) groups is 1. The molecule has 3 rings (SSSR count). The van der Waals surface area contributed by atoms with Crippen LogP contribution in [0.4, 0.5) is 4.79 Å². The normalized spacial score (nSPS) is 24.6. The molecule has 0 aromatic carbocycles. The van der Waals surface area contributed by atoms with E-state index < -0.39 is 0 Å². The number of likely N-dealkylation sites (tertiary alicyclic amines) is 1. The van der Waals surface area contributed by atoms with Gasteiger partial charge in [0.05, 0.1) is 17.2 Å². The number of ether oxygens (including phenoxy) is 1. The van der Waals surface area contributed by atoms with Crippen molar-refractivity contribution in [3.05, 3.63) is 0 Å². The predicted octanol–water partition coefficient (Wildman–Crippen LogP) is 2.04. The summed E-state index contributed by atoms with van der Waals surface area (Å²) in [6.45, 7) is 2.67. The van der Waals surface area contributed by atoms with E-state index in [1.54, 1.807) is 18.9 Å². The third-order valence-corrected chi connectivity index (χ3v) is 7.10. The van der Waals surface area contributed by atoms with Crippen molar-refractivity contribution in [2.75, 3.05) is 39.1 Å². The Kier molecular flexibility index (Phi) is 5.92. The number of hydrogen-bond acceptors (Lipinski definition) is 4. The second-order valence-corrected chi connectivity index (χ2v) is 8.38. The van der Waals surface area contributed by atoms with E-state index in [9.17, 15) is 9.59 Å². The molecule has 2 aliphatic heterocycles. The number of nitrogens with one attached hydrogen (secondary N) is 1. The fourth-order valence-corrected chi connectivity index (χ4v) is 5.44. The number of nitrogens with zero attached hydrogens (tertiary/aromatic N) is 2. The summed E-state index contributed by atoms with van der Waals surface area (Å²) in [5.74, 6) is 0.759. The molecule has 1 spiro atoms. The van der Waals surface area contributed by atoms with E-state index in [-0.39, 0.29) is 16.8 Å². The van der Waals surface area contributed by atoms with Crippen LogP contribution in [0.25, 0.3) is 0 Å². The van der Waals surface area contributed by atoms with E-state index in [0.717, 1.165) is 38.8 Å². The van der Waals surface area contributed by atoms with Gasteiger partial charge in [-0.05, 0) is 25.7 Å². The minimum Gasteiger partial charge on any atom is -0.383 e. The lowest BCUT2D eigenvalue weighted by molar-refractivity contribution is -0.131. The maximum Gasteiger partial charge on any atom is 0.317 e. The first-order valence-corrected chi connectivity index (χ1v) is 10.1. The molecule has 7 heteroatoms. The second kappa shape index (κ2) is 7.95. The zero-order valence-electron chi connectivity index (χ0n) is 14.6. The summed E-state index contributed by atoms with van der Waals surface area (Å²) in [6.07, 6.45) is 7.66. The monoisotopic (exact) mass is 355 g/mol. The number of amides is 3. The van der Waals surface area contributed by atoms with Crippen molar-refractivity contribution < 1.29 is 14.3 Å². The molecule has 3 fully saturated rings. The Morgan fingerprint density at radius 3 is 2.67 bits per heavy atom. The smallest absolute Gasteiger partial charge is 0.317 e. The summed E-state index contributed by atoms with van der Waals surface area (Å²) < 4.78 is 5.15. The number of hydrogen-bond donors (Lipinski definition) is 1. The number of carbonyl (C=O) groups is 2. The molecular formula is C17H29N3O3S. The van der Waals surface area contributed by atoms with Crippen LogP contribution in [0.2, 0.25) is 0 Å². The Balaban J connectivity index is 1.52.